The van der Waals surface area contributed by atoms with E-state index < -0.39 is 0 Å². The first-order chi connectivity index (χ1) is 7.88. The monoisotopic (exact) mass is 219 g/mol. The van der Waals surface area contributed by atoms with Crippen molar-refractivity contribution in [1.82, 2.24) is 19.9 Å². The van der Waals surface area contributed by atoms with E-state index in [1.807, 2.05) is 4.90 Å². The molecule has 84 valence electrons. The molecule has 1 atom stereocenters. The van der Waals surface area contributed by atoms with Gasteiger partial charge in [-0.05, 0) is 12.8 Å². The lowest BCUT2D eigenvalue weighted by atomic mass is 10.2. The number of aliphatic hydroxyl groups is 1. The summed E-state index contributed by atoms with van der Waals surface area (Å²) in [6.07, 6.45) is 5.42. The van der Waals surface area contributed by atoms with Gasteiger partial charge in [0, 0.05) is 6.54 Å². The van der Waals surface area contributed by atoms with Crippen LogP contribution in [0.3, 0.4) is 0 Å². The van der Waals surface area contributed by atoms with Crippen molar-refractivity contribution in [3.63, 3.8) is 0 Å². The van der Waals surface area contributed by atoms with Crippen molar-refractivity contribution < 1.29 is 5.11 Å². The zero-order chi connectivity index (χ0) is 11.0. The molecule has 0 unspecified atom stereocenters. The zero-order valence-electron chi connectivity index (χ0n) is 8.80. The van der Waals surface area contributed by atoms with E-state index in [1.165, 1.54) is 0 Å². The van der Waals surface area contributed by atoms with E-state index in [1.54, 1.807) is 12.5 Å². The van der Waals surface area contributed by atoms with E-state index in [9.17, 15) is 5.11 Å². The quantitative estimate of drug-likeness (QED) is 0.760. The topological polar surface area (TPSA) is 77.9 Å². The van der Waals surface area contributed by atoms with Gasteiger partial charge in [0.2, 0.25) is 5.95 Å². The highest BCUT2D eigenvalue weighted by molar-refractivity contribution is 5.69. The van der Waals surface area contributed by atoms with Crippen molar-refractivity contribution in [1.29, 1.82) is 0 Å². The number of nitrogens with zero attached hydrogens (tertiary/aromatic N) is 4. The largest absolute Gasteiger partial charge is 0.394 e. The number of H-pyrrole nitrogens is 1. The van der Waals surface area contributed by atoms with Gasteiger partial charge >= 0.3 is 0 Å². The Labute approximate surface area is 92.4 Å². The summed E-state index contributed by atoms with van der Waals surface area (Å²) in [5.74, 6) is 0.663. The molecule has 0 spiro atoms. The summed E-state index contributed by atoms with van der Waals surface area (Å²) in [6.45, 7) is 1.06. The summed E-state index contributed by atoms with van der Waals surface area (Å²) < 4.78 is 0. The average molecular weight is 219 g/mol. The Morgan fingerprint density at radius 2 is 2.44 bits per heavy atom. The summed E-state index contributed by atoms with van der Waals surface area (Å²) in [5, 5.41) is 9.25. The van der Waals surface area contributed by atoms with Crippen LogP contribution >= 0.6 is 0 Å². The van der Waals surface area contributed by atoms with E-state index in [0.717, 1.165) is 24.9 Å². The van der Waals surface area contributed by atoms with E-state index in [2.05, 4.69) is 19.9 Å². The maximum absolute atomic E-state index is 9.25. The van der Waals surface area contributed by atoms with Gasteiger partial charge in [-0.2, -0.15) is 4.98 Å². The number of aliphatic hydroxyl groups excluding tert-OH is 1. The van der Waals surface area contributed by atoms with Crippen LogP contribution in [0, 0.1) is 0 Å². The first-order valence-corrected chi connectivity index (χ1v) is 5.42. The number of rotatable bonds is 2. The maximum atomic E-state index is 9.25. The molecule has 1 saturated heterocycles. The highest BCUT2D eigenvalue weighted by Crippen LogP contribution is 2.22. The van der Waals surface area contributed by atoms with Crippen LogP contribution in [-0.2, 0) is 0 Å². The van der Waals surface area contributed by atoms with Crippen LogP contribution in [0.15, 0.2) is 12.5 Å². The van der Waals surface area contributed by atoms with Crippen LogP contribution in [-0.4, -0.2) is 44.2 Å². The molecule has 0 saturated carbocycles. The molecule has 3 heterocycles. The molecule has 6 heteroatoms. The van der Waals surface area contributed by atoms with Gasteiger partial charge in [0.25, 0.3) is 0 Å². The Morgan fingerprint density at radius 1 is 1.50 bits per heavy atom. The normalized spacial score (nSPS) is 20.8. The van der Waals surface area contributed by atoms with Crippen LogP contribution in [0.5, 0.6) is 0 Å². The van der Waals surface area contributed by atoms with Crippen LogP contribution in [0.25, 0.3) is 11.2 Å². The van der Waals surface area contributed by atoms with Crippen molar-refractivity contribution in [2.75, 3.05) is 18.1 Å². The second-order valence-electron chi connectivity index (χ2n) is 3.98. The third-order valence-corrected chi connectivity index (χ3v) is 3.01. The number of nitrogens with one attached hydrogen (secondary N) is 1. The Kier molecular flexibility index (Phi) is 2.21. The van der Waals surface area contributed by atoms with Crippen molar-refractivity contribution >= 4 is 17.1 Å². The van der Waals surface area contributed by atoms with Gasteiger partial charge < -0.3 is 15.0 Å². The predicted molar refractivity (Wildman–Crippen MR) is 59.1 cm³/mol. The van der Waals surface area contributed by atoms with Crippen molar-refractivity contribution in [2.45, 2.75) is 18.9 Å². The SMILES string of the molecule is OC[C@H]1CCCN1c1ncc2[nH]cnc2n1. The minimum absolute atomic E-state index is 0.149. The van der Waals surface area contributed by atoms with Gasteiger partial charge in [-0.15, -0.1) is 0 Å². The van der Waals surface area contributed by atoms with Crippen molar-refractivity contribution in [3.05, 3.63) is 12.5 Å². The third kappa shape index (κ3) is 1.42. The third-order valence-electron chi connectivity index (χ3n) is 3.01. The number of anilines is 1. The lowest BCUT2D eigenvalue weighted by molar-refractivity contribution is 0.265. The van der Waals surface area contributed by atoms with E-state index >= 15 is 0 Å². The second kappa shape index (κ2) is 3.71. The molecule has 1 fully saturated rings. The Hall–Kier alpha value is -1.69. The number of hydrogen-bond donors (Lipinski definition) is 2. The first-order valence-electron chi connectivity index (χ1n) is 5.42. The van der Waals surface area contributed by atoms with E-state index in [4.69, 9.17) is 0 Å². The smallest absolute Gasteiger partial charge is 0.227 e. The highest BCUT2D eigenvalue weighted by atomic mass is 16.3. The maximum Gasteiger partial charge on any atom is 0.227 e. The zero-order valence-corrected chi connectivity index (χ0v) is 8.80. The standard InChI is InChI=1S/C10H13N5O/c16-5-7-2-1-3-15(7)10-11-4-8-9(14-10)13-6-12-8/h4,6-7,16H,1-3,5H2,(H,11,12,13,14)/t7-/m1/s1. The van der Waals surface area contributed by atoms with Gasteiger partial charge in [-0.3, -0.25) is 0 Å². The van der Waals surface area contributed by atoms with Gasteiger partial charge in [-0.25, -0.2) is 9.97 Å². The number of aromatic nitrogens is 4. The van der Waals surface area contributed by atoms with E-state index in [-0.39, 0.29) is 12.6 Å². The van der Waals surface area contributed by atoms with Crippen molar-refractivity contribution in [3.8, 4) is 0 Å². The van der Waals surface area contributed by atoms with Crippen LogP contribution in [0.1, 0.15) is 12.8 Å². The molecule has 0 amide bonds. The minimum atomic E-state index is 0.149. The molecule has 2 aromatic heterocycles. The minimum Gasteiger partial charge on any atom is -0.394 e. The average Bonchev–Trinajstić information content (AvgIpc) is 2.96. The summed E-state index contributed by atoms with van der Waals surface area (Å²) in [6, 6.07) is 0.149. The molecule has 0 bridgehead atoms. The van der Waals surface area contributed by atoms with E-state index in [0.29, 0.717) is 11.6 Å². The van der Waals surface area contributed by atoms with Gasteiger partial charge in [0.1, 0.15) is 5.52 Å². The first kappa shape index (κ1) is 9.53. The molecule has 2 N–H and O–H groups in total. The highest BCUT2D eigenvalue weighted by Gasteiger charge is 2.26. The Morgan fingerprint density at radius 3 is 3.31 bits per heavy atom. The van der Waals surface area contributed by atoms with Gasteiger partial charge in [0.05, 0.1) is 25.2 Å². The number of imidazole rings is 1. The number of hydrogen-bond acceptors (Lipinski definition) is 5. The number of aromatic amines is 1. The van der Waals surface area contributed by atoms with Crippen molar-refractivity contribution in [2.24, 2.45) is 0 Å². The molecular weight excluding hydrogens is 206 g/mol. The fourth-order valence-electron chi connectivity index (χ4n) is 2.15. The number of fused-ring (bicyclic) bond motifs is 1. The molecular formula is C10H13N5O. The molecule has 2 aromatic rings. The molecule has 6 nitrogen and oxygen atoms in total. The Balaban J connectivity index is 1.98. The fourth-order valence-corrected chi connectivity index (χ4v) is 2.15. The molecule has 16 heavy (non-hydrogen) atoms. The van der Waals surface area contributed by atoms with Crippen LogP contribution in [0.2, 0.25) is 0 Å². The van der Waals surface area contributed by atoms with Crippen LogP contribution in [0.4, 0.5) is 5.95 Å². The summed E-state index contributed by atoms with van der Waals surface area (Å²) in [4.78, 5) is 17.8. The van der Waals surface area contributed by atoms with Gasteiger partial charge in [-0.1, -0.05) is 0 Å². The molecule has 0 aliphatic carbocycles. The predicted octanol–water partition coefficient (Wildman–Crippen LogP) is 0.314. The van der Waals surface area contributed by atoms with Crippen LogP contribution < -0.4 is 4.90 Å². The molecule has 1 aliphatic rings. The lowest BCUT2D eigenvalue weighted by Crippen LogP contribution is -2.33. The Bertz CT molecular complexity index is 497. The summed E-state index contributed by atoms with van der Waals surface area (Å²) in [7, 11) is 0. The fraction of sp³-hybridized carbons (Fsp3) is 0.500. The summed E-state index contributed by atoms with van der Waals surface area (Å²) in [5.41, 5.74) is 1.51. The van der Waals surface area contributed by atoms with Gasteiger partial charge in [0.15, 0.2) is 5.65 Å². The molecule has 0 aromatic carbocycles. The molecule has 1 aliphatic heterocycles. The molecule has 3 rings (SSSR count). The lowest BCUT2D eigenvalue weighted by Gasteiger charge is -2.22. The molecule has 0 radical (unpaired) electrons. The summed E-state index contributed by atoms with van der Waals surface area (Å²) >= 11 is 0. The second-order valence-corrected chi connectivity index (χ2v) is 3.98.